The van der Waals surface area contributed by atoms with Crippen molar-refractivity contribution < 1.29 is 13.0 Å². The fourth-order valence-corrected chi connectivity index (χ4v) is 8.08. The first-order valence-electron chi connectivity index (χ1n) is 10.9. The second-order valence-corrected chi connectivity index (χ2v) is 12.5. The van der Waals surface area contributed by atoms with Gasteiger partial charge in [-0.15, -0.1) is 0 Å². The van der Waals surface area contributed by atoms with Gasteiger partial charge in [-0.2, -0.15) is 0 Å². The molecule has 4 rings (SSSR count). The van der Waals surface area contributed by atoms with Crippen molar-refractivity contribution in [3.8, 4) is 17.0 Å². The molecule has 0 bridgehead atoms. The Balaban J connectivity index is 1.60. The number of aromatic hydroxyl groups is 1. The molecule has 3 heterocycles. The molecule has 2 unspecified atom stereocenters. The van der Waals surface area contributed by atoms with Crippen LogP contribution in [0.2, 0.25) is 0 Å². The number of nitrogens with one attached hydrogen (secondary N) is 2. The van der Waals surface area contributed by atoms with E-state index in [4.69, 9.17) is 3.07 Å². The van der Waals surface area contributed by atoms with Gasteiger partial charge in [-0.25, -0.2) is 0 Å². The Hall–Kier alpha value is -2.34. The molecule has 0 radical (unpaired) electrons. The molecule has 0 aliphatic carbocycles. The van der Waals surface area contributed by atoms with Crippen molar-refractivity contribution in [2.45, 2.75) is 25.9 Å². The van der Waals surface area contributed by atoms with Crippen molar-refractivity contribution in [3.63, 3.8) is 0 Å². The third-order valence-electron chi connectivity index (χ3n) is 6.15. The number of H-pyrrole nitrogens is 1. The van der Waals surface area contributed by atoms with E-state index in [-0.39, 0.29) is 21.6 Å². The van der Waals surface area contributed by atoms with Crippen LogP contribution in [-0.4, -0.2) is 66.2 Å². The van der Waals surface area contributed by atoms with Gasteiger partial charge in [0.1, 0.15) is 0 Å². The van der Waals surface area contributed by atoms with Gasteiger partial charge in [0.15, 0.2) is 0 Å². The number of para-hydroxylation sites is 1. The Morgan fingerprint density at radius 3 is 2.94 bits per heavy atom. The van der Waals surface area contributed by atoms with E-state index >= 15 is 0 Å². The Kier molecular flexibility index (Phi) is 7.42. The summed E-state index contributed by atoms with van der Waals surface area (Å²) in [5, 5.41) is 23.3. The molecular weight excluding hydrogens is 533 g/mol. The van der Waals surface area contributed by atoms with Crippen molar-refractivity contribution >= 4 is 35.1 Å². The third kappa shape index (κ3) is 4.96. The van der Waals surface area contributed by atoms with Gasteiger partial charge >= 0.3 is 178 Å². The van der Waals surface area contributed by atoms with Crippen LogP contribution >= 0.6 is 20.2 Å². The SMILES string of the molecule is C=CC(=O)I1CC(NC)CN(C(C)c2[nH]c3nnc(-c4ccccc4O)cc3c2C)CCO1. The third-order valence-corrected chi connectivity index (χ3v) is 10.8. The quantitative estimate of drug-likeness (QED) is 0.182. The van der Waals surface area contributed by atoms with Crippen LogP contribution in [0.1, 0.15) is 24.2 Å². The van der Waals surface area contributed by atoms with E-state index in [9.17, 15) is 9.90 Å². The first kappa shape index (κ1) is 23.8. The number of nitrogens with zero attached hydrogens (tertiary/aromatic N) is 3. The number of hydrogen-bond donors (Lipinski definition) is 3. The van der Waals surface area contributed by atoms with E-state index in [2.05, 4.69) is 45.8 Å². The molecule has 2 atom stereocenters. The van der Waals surface area contributed by atoms with E-state index < -0.39 is 20.2 Å². The zero-order chi connectivity index (χ0) is 23.5. The number of fused-ring (bicyclic) bond motifs is 1. The van der Waals surface area contributed by atoms with Crippen LogP contribution in [0.25, 0.3) is 22.3 Å². The number of likely N-dealkylation sites (N-methyl/N-ethyl adjacent to an activating group) is 1. The second-order valence-electron chi connectivity index (χ2n) is 8.12. The van der Waals surface area contributed by atoms with Crippen LogP contribution in [0.3, 0.4) is 0 Å². The summed E-state index contributed by atoms with van der Waals surface area (Å²) in [4.78, 5) is 18.0. The molecule has 1 aromatic carbocycles. The van der Waals surface area contributed by atoms with Gasteiger partial charge in [0, 0.05) is 0 Å². The van der Waals surface area contributed by atoms with E-state index in [1.807, 2.05) is 25.2 Å². The number of phenols is 1. The zero-order valence-corrected chi connectivity index (χ0v) is 21.3. The fourth-order valence-electron chi connectivity index (χ4n) is 4.18. The van der Waals surface area contributed by atoms with Gasteiger partial charge in [0.2, 0.25) is 0 Å². The average molecular weight is 563 g/mol. The molecule has 0 amide bonds. The van der Waals surface area contributed by atoms with Crippen molar-refractivity contribution in [2.75, 3.05) is 31.2 Å². The van der Waals surface area contributed by atoms with E-state index in [0.717, 1.165) is 39.8 Å². The number of benzene rings is 1. The van der Waals surface area contributed by atoms with Crippen molar-refractivity contribution in [1.82, 2.24) is 25.4 Å². The van der Waals surface area contributed by atoms with Crippen LogP contribution in [0, 0.1) is 6.92 Å². The Bertz CT molecular complexity index is 1160. The molecule has 33 heavy (non-hydrogen) atoms. The summed E-state index contributed by atoms with van der Waals surface area (Å²) in [6, 6.07) is 9.40. The van der Waals surface area contributed by atoms with E-state index in [0.29, 0.717) is 17.9 Å². The van der Waals surface area contributed by atoms with Gasteiger partial charge in [0.05, 0.1) is 0 Å². The minimum absolute atomic E-state index is 0.0891. The molecule has 2 aromatic heterocycles. The molecule has 0 saturated carbocycles. The first-order valence-corrected chi connectivity index (χ1v) is 14.4. The first-order chi connectivity index (χ1) is 15.9. The number of carbonyl (C=O) groups is 1. The Labute approximate surface area is 201 Å². The number of aromatic amines is 1. The predicted molar refractivity (Wildman–Crippen MR) is 139 cm³/mol. The van der Waals surface area contributed by atoms with Gasteiger partial charge in [-0.3, -0.25) is 0 Å². The molecule has 1 saturated heterocycles. The number of phenolic OH excluding ortho intramolecular Hbond substituents is 1. The van der Waals surface area contributed by atoms with Gasteiger partial charge in [-0.05, 0) is 6.07 Å². The van der Waals surface area contributed by atoms with Gasteiger partial charge in [-0.1, -0.05) is 12.1 Å². The molecule has 176 valence electrons. The summed E-state index contributed by atoms with van der Waals surface area (Å²) in [7, 11) is 1.94. The summed E-state index contributed by atoms with van der Waals surface area (Å²) in [5.74, 6) is 0.184. The standard InChI is InChI=1S/C24H30IN5O3/c1-5-22(32)25-13-17(26-4)14-30(10-11-33-25)16(3)23-15(2)19-12-20(28-29-24(19)27-23)18-8-6-7-9-21(18)31/h5-9,12,16-17,26,31H,1,10-11,13-14H2,2-4H3,(H,27,29). The number of aromatic nitrogens is 3. The zero-order valence-electron chi connectivity index (χ0n) is 19.1. The summed E-state index contributed by atoms with van der Waals surface area (Å²) < 4.78 is 6.90. The van der Waals surface area contributed by atoms with Crippen LogP contribution in [-0.2, 0) is 7.86 Å². The maximum absolute atomic E-state index is 12.2. The van der Waals surface area contributed by atoms with Crippen LogP contribution in [0.4, 0.5) is 0 Å². The van der Waals surface area contributed by atoms with Crippen LogP contribution in [0.15, 0.2) is 43.0 Å². The molecule has 3 aromatic rings. The minimum atomic E-state index is -2.16. The number of alkyl halides is 1. The van der Waals surface area contributed by atoms with Gasteiger partial charge in [0.25, 0.3) is 0 Å². The normalized spacial score (nSPS) is 19.7. The monoisotopic (exact) mass is 563 g/mol. The van der Waals surface area contributed by atoms with E-state index in [1.54, 1.807) is 12.1 Å². The number of carbonyl (C=O) groups excluding carboxylic acids is 1. The Morgan fingerprint density at radius 1 is 1.42 bits per heavy atom. The van der Waals surface area contributed by atoms with Crippen molar-refractivity contribution in [3.05, 3.63) is 54.2 Å². The Morgan fingerprint density at radius 2 is 2.21 bits per heavy atom. The topological polar surface area (TPSA) is 103 Å². The molecule has 8 nitrogen and oxygen atoms in total. The van der Waals surface area contributed by atoms with E-state index in [1.165, 1.54) is 6.08 Å². The predicted octanol–water partition coefficient (Wildman–Crippen LogP) is 3.75. The number of hydrogen-bond acceptors (Lipinski definition) is 7. The summed E-state index contributed by atoms with van der Waals surface area (Å²) in [5.41, 5.74) is 4.23. The molecule has 1 aliphatic rings. The number of halogens is 1. The number of allylic oxidation sites excluding steroid dienone is 1. The number of rotatable bonds is 6. The molecular formula is C24H30IN5O3. The van der Waals surface area contributed by atoms with Crippen molar-refractivity contribution in [1.29, 1.82) is 0 Å². The summed E-state index contributed by atoms with van der Waals surface area (Å²) >= 11 is -2.16. The maximum atomic E-state index is 12.2. The number of aryl methyl sites for hydroxylation is 1. The molecule has 1 fully saturated rings. The van der Waals surface area contributed by atoms with Crippen molar-refractivity contribution in [2.24, 2.45) is 0 Å². The average Bonchev–Trinajstić information content (AvgIpc) is 3.14. The second kappa shape index (κ2) is 10.3. The molecule has 0 spiro atoms. The fraction of sp³-hybridized carbons (Fsp3) is 0.375. The summed E-state index contributed by atoms with van der Waals surface area (Å²) in [6.07, 6.45) is 1.41. The molecule has 9 heteroatoms. The van der Waals surface area contributed by atoms with Crippen LogP contribution < -0.4 is 5.32 Å². The van der Waals surface area contributed by atoms with Gasteiger partial charge < -0.3 is 5.11 Å². The van der Waals surface area contributed by atoms with Crippen LogP contribution in [0.5, 0.6) is 5.75 Å². The molecule has 3 N–H and O–H groups in total. The summed E-state index contributed by atoms with van der Waals surface area (Å²) in [6.45, 7) is 10.00. The molecule has 1 aliphatic heterocycles.